The fraction of sp³-hybridized carbons (Fsp3) is 0.621. The highest BCUT2D eigenvalue weighted by Crippen LogP contribution is 2.65. The Balaban J connectivity index is 1.77. The van der Waals surface area contributed by atoms with Gasteiger partial charge in [0.1, 0.15) is 17.6 Å². The molecule has 3 aliphatic rings. The molecule has 9 heteroatoms. The highest BCUT2D eigenvalue weighted by atomic mass is 35.5. The van der Waals surface area contributed by atoms with Gasteiger partial charge in [-0.3, -0.25) is 14.4 Å². The molecule has 2 bridgehead atoms. The third kappa shape index (κ3) is 4.54. The van der Waals surface area contributed by atoms with Crippen LogP contribution in [0.2, 0.25) is 5.02 Å². The number of carbonyl (C=O) groups is 3. The van der Waals surface area contributed by atoms with Crippen LogP contribution in [0, 0.1) is 17.8 Å². The summed E-state index contributed by atoms with van der Waals surface area (Å²) in [5.41, 5.74) is -1.53. The van der Waals surface area contributed by atoms with E-state index < -0.39 is 35.0 Å². The second kappa shape index (κ2) is 11.4. The van der Waals surface area contributed by atoms with Crippen molar-refractivity contribution in [2.24, 2.45) is 17.8 Å². The van der Waals surface area contributed by atoms with Gasteiger partial charge in [-0.1, -0.05) is 49.6 Å². The Labute approximate surface area is 229 Å². The Hall–Kier alpha value is -2.42. The molecule has 1 spiro atoms. The minimum atomic E-state index is -1.15. The fourth-order valence-corrected chi connectivity index (χ4v) is 7.09. The first-order valence-corrected chi connectivity index (χ1v) is 14.0. The molecule has 0 saturated carbocycles. The van der Waals surface area contributed by atoms with E-state index >= 15 is 0 Å². The maximum Gasteiger partial charge on any atom is 0.312 e. The molecule has 6 atom stereocenters. The molecule has 3 fully saturated rings. The van der Waals surface area contributed by atoms with Crippen molar-refractivity contribution in [2.45, 2.75) is 70.1 Å². The number of carbonyl (C=O) groups excluding carboxylic acids is 3. The van der Waals surface area contributed by atoms with Gasteiger partial charge in [-0.05, 0) is 51.2 Å². The van der Waals surface area contributed by atoms with Crippen molar-refractivity contribution >= 4 is 35.1 Å². The molecule has 3 heterocycles. The van der Waals surface area contributed by atoms with Gasteiger partial charge >= 0.3 is 5.97 Å². The number of rotatable bonds is 12. The molecule has 0 aromatic heterocycles. The van der Waals surface area contributed by atoms with Crippen molar-refractivity contribution in [1.29, 1.82) is 0 Å². The van der Waals surface area contributed by atoms with E-state index in [1.54, 1.807) is 41.0 Å². The molecule has 38 heavy (non-hydrogen) atoms. The number of anilines is 1. The Morgan fingerprint density at radius 1 is 1.29 bits per heavy atom. The van der Waals surface area contributed by atoms with Crippen LogP contribution in [0.5, 0.6) is 0 Å². The molecule has 1 aromatic carbocycles. The lowest BCUT2D eigenvalue weighted by Gasteiger charge is -2.37. The topological polar surface area (TPSA) is 96.4 Å². The van der Waals surface area contributed by atoms with E-state index in [0.717, 1.165) is 12.8 Å². The van der Waals surface area contributed by atoms with Gasteiger partial charge in [0.05, 0.1) is 28.8 Å². The number of aliphatic hydroxyl groups is 1. The maximum absolute atomic E-state index is 14.5. The number of likely N-dealkylation sites (tertiary alicyclic amines) is 1. The maximum atomic E-state index is 14.5. The van der Waals surface area contributed by atoms with E-state index in [4.69, 9.17) is 26.2 Å². The number of aliphatic hydroxyl groups excluding tert-OH is 1. The summed E-state index contributed by atoms with van der Waals surface area (Å²) in [6.45, 7) is 10.3. The molecule has 208 valence electrons. The number of hydrogen-bond donors (Lipinski definition) is 1. The van der Waals surface area contributed by atoms with Crippen LogP contribution in [-0.2, 0) is 23.9 Å². The Morgan fingerprint density at radius 2 is 2.00 bits per heavy atom. The molecule has 3 saturated heterocycles. The van der Waals surface area contributed by atoms with E-state index in [2.05, 4.69) is 6.58 Å². The lowest BCUT2D eigenvalue weighted by molar-refractivity contribution is -0.161. The summed E-state index contributed by atoms with van der Waals surface area (Å²) in [6, 6.07) is 6.17. The summed E-state index contributed by atoms with van der Waals surface area (Å²) in [5, 5.41) is 9.55. The summed E-state index contributed by atoms with van der Waals surface area (Å²) in [7, 11) is 0. The van der Waals surface area contributed by atoms with Crippen LogP contribution >= 0.6 is 11.6 Å². The number of esters is 1. The van der Waals surface area contributed by atoms with Crippen LogP contribution in [0.4, 0.5) is 5.69 Å². The van der Waals surface area contributed by atoms with E-state index in [0.29, 0.717) is 36.5 Å². The fourth-order valence-electron chi connectivity index (χ4n) is 6.85. The largest absolute Gasteiger partial charge is 0.466 e. The second-order valence-corrected chi connectivity index (χ2v) is 11.2. The molecule has 1 aromatic rings. The van der Waals surface area contributed by atoms with Crippen molar-refractivity contribution in [1.82, 2.24) is 4.90 Å². The standard InChI is InChI=1S/C29H39ClN2O6/c1-5-15-31(21-14-10-9-13-20(21)30)26(35)24-29-18-19(3)28(4,38-29)23(27(36)37-6-2)22(29)25(34)32(24)16-11-7-8-12-17-33/h5,9-10,13-14,19,22-24,33H,1,6-8,11-12,15-18H2,2-4H3/t19?,22-,23+,24?,28-,29?/m0/s1. The lowest BCUT2D eigenvalue weighted by Crippen LogP contribution is -2.57. The highest BCUT2D eigenvalue weighted by molar-refractivity contribution is 6.34. The molecule has 0 radical (unpaired) electrons. The van der Waals surface area contributed by atoms with Crippen LogP contribution in [0.25, 0.3) is 0 Å². The average molecular weight is 547 g/mol. The first-order chi connectivity index (χ1) is 18.2. The van der Waals surface area contributed by atoms with E-state index in [-0.39, 0.29) is 37.5 Å². The zero-order chi connectivity index (χ0) is 27.7. The van der Waals surface area contributed by atoms with Crippen molar-refractivity contribution in [2.75, 3.05) is 31.2 Å². The predicted octanol–water partition coefficient (Wildman–Crippen LogP) is 3.99. The summed E-state index contributed by atoms with van der Waals surface area (Å²) >= 11 is 6.51. The van der Waals surface area contributed by atoms with Gasteiger partial charge in [0, 0.05) is 19.7 Å². The van der Waals surface area contributed by atoms with Gasteiger partial charge < -0.3 is 24.4 Å². The molecule has 8 nitrogen and oxygen atoms in total. The number of para-hydroxylation sites is 1. The zero-order valence-corrected chi connectivity index (χ0v) is 23.3. The molecule has 4 rings (SSSR count). The molecular formula is C29H39ClN2O6. The summed E-state index contributed by atoms with van der Waals surface area (Å²) in [6.07, 6.45) is 5.10. The summed E-state index contributed by atoms with van der Waals surface area (Å²) < 4.78 is 12.2. The zero-order valence-electron chi connectivity index (χ0n) is 22.5. The van der Waals surface area contributed by atoms with Gasteiger partial charge in [-0.15, -0.1) is 6.58 Å². The predicted molar refractivity (Wildman–Crippen MR) is 145 cm³/mol. The van der Waals surface area contributed by atoms with Crippen LogP contribution < -0.4 is 4.90 Å². The number of fused-ring (bicyclic) bond motifs is 1. The normalized spacial score (nSPS) is 31.4. The average Bonchev–Trinajstić information content (AvgIpc) is 3.39. The SMILES string of the molecule is C=CCN(C(=O)C1N(CCCCCCO)C(=O)[C@@H]2[C@H](C(=O)OCC)[C@@]3(C)OC12CC3C)c1ccccc1Cl. The smallest absolute Gasteiger partial charge is 0.312 e. The molecular weight excluding hydrogens is 508 g/mol. The second-order valence-electron chi connectivity index (χ2n) is 10.8. The van der Waals surface area contributed by atoms with Crippen LogP contribution in [0.3, 0.4) is 0 Å². The Bertz CT molecular complexity index is 1080. The van der Waals surface area contributed by atoms with Crippen molar-refractivity contribution in [3.8, 4) is 0 Å². The minimum Gasteiger partial charge on any atom is -0.466 e. The first kappa shape index (κ1) is 28.6. The van der Waals surface area contributed by atoms with Crippen molar-refractivity contribution in [3.05, 3.63) is 41.9 Å². The lowest BCUT2D eigenvalue weighted by atomic mass is 9.62. The Morgan fingerprint density at radius 3 is 2.66 bits per heavy atom. The van der Waals surface area contributed by atoms with E-state index in [1.165, 1.54) is 0 Å². The van der Waals surface area contributed by atoms with Gasteiger partial charge in [0.25, 0.3) is 5.91 Å². The third-order valence-electron chi connectivity index (χ3n) is 8.62. The van der Waals surface area contributed by atoms with Gasteiger partial charge in [0.2, 0.25) is 5.91 Å². The number of halogens is 1. The van der Waals surface area contributed by atoms with E-state index in [1.807, 2.05) is 19.9 Å². The summed E-state index contributed by atoms with van der Waals surface area (Å²) in [5.74, 6) is -2.64. The van der Waals surface area contributed by atoms with Crippen molar-refractivity contribution < 1.29 is 29.0 Å². The first-order valence-electron chi connectivity index (χ1n) is 13.6. The highest BCUT2D eigenvalue weighted by Gasteiger charge is 2.80. The Kier molecular flexibility index (Phi) is 8.55. The van der Waals surface area contributed by atoms with Crippen molar-refractivity contribution in [3.63, 3.8) is 0 Å². The molecule has 3 aliphatic heterocycles. The quantitative estimate of drug-likeness (QED) is 0.242. The van der Waals surface area contributed by atoms with Crippen LogP contribution in [0.15, 0.2) is 36.9 Å². The molecule has 1 N–H and O–H groups in total. The number of nitrogens with zero attached hydrogens (tertiary/aromatic N) is 2. The molecule has 3 unspecified atom stereocenters. The van der Waals surface area contributed by atoms with E-state index in [9.17, 15) is 14.4 Å². The minimum absolute atomic E-state index is 0.0612. The van der Waals surface area contributed by atoms with Crippen LogP contribution in [-0.4, -0.2) is 71.3 Å². The number of hydrogen-bond acceptors (Lipinski definition) is 6. The molecule has 0 aliphatic carbocycles. The number of ether oxygens (including phenoxy) is 2. The molecule has 2 amide bonds. The number of amides is 2. The monoisotopic (exact) mass is 546 g/mol. The third-order valence-corrected chi connectivity index (χ3v) is 8.94. The number of benzene rings is 1. The summed E-state index contributed by atoms with van der Waals surface area (Å²) in [4.78, 5) is 45.1. The van der Waals surface area contributed by atoms with Gasteiger partial charge in [0.15, 0.2) is 0 Å². The van der Waals surface area contributed by atoms with Crippen LogP contribution in [0.1, 0.15) is 52.9 Å². The number of unbranched alkanes of at least 4 members (excludes halogenated alkanes) is 3. The van der Waals surface area contributed by atoms with Gasteiger partial charge in [-0.25, -0.2) is 0 Å². The van der Waals surface area contributed by atoms with Gasteiger partial charge in [-0.2, -0.15) is 0 Å².